The van der Waals surface area contributed by atoms with Crippen molar-refractivity contribution in [3.8, 4) is 0 Å². The van der Waals surface area contributed by atoms with Crippen molar-refractivity contribution < 1.29 is 14.0 Å². The fourth-order valence-corrected chi connectivity index (χ4v) is 4.33. The van der Waals surface area contributed by atoms with E-state index in [-0.39, 0.29) is 23.7 Å². The van der Waals surface area contributed by atoms with Crippen molar-refractivity contribution in [2.24, 2.45) is 11.1 Å². The summed E-state index contributed by atoms with van der Waals surface area (Å²) in [5, 5.41) is 9.29. The Hall–Kier alpha value is -3.25. The Morgan fingerprint density at radius 1 is 1.07 bits per heavy atom. The van der Waals surface area contributed by atoms with Crippen LogP contribution in [0.1, 0.15) is 15.9 Å². The van der Waals surface area contributed by atoms with E-state index in [0.717, 1.165) is 41.7 Å². The largest absolute Gasteiger partial charge is 0.390 e. The van der Waals surface area contributed by atoms with Gasteiger partial charge in [0.1, 0.15) is 11.9 Å². The topological polar surface area (TPSA) is 53.9 Å². The zero-order valence-corrected chi connectivity index (χ0v) is 16.4. The van der Waals surface area contributed by atoms with Gasteiger partial charge in [-0.2, -0.15) is 0 Å². The van der Waals surface area contributed by atoms with Crippen LogP contribution in [-0.2, 0) is 4.84 Å². The van der Waals surface area contributed by atoms with E-state index in [9.17, 15) is 9.18 Å². The SMILES string of the molecule is O=C(NCCN1CC2ON=C(c3ccc(F)cc3)C2C1)c1cccc2ccccc12. The lowest BCUT2D eigenvalue weighted by molar-refractivity contribution is 0.0751. The van der Waals surface area contributed by atoms with Crippen LogP contribution in [0.4, 0.5) is 4.39 Å². The summed E-state index contributed by atoms with van der Waals surface area (Å²) in [6, 6.07) is 20.1. The number of hydrogen-bond donors (Lipinski definition) is 1. The molecular weight excluding hydrogens is 381 g/mol. The lowest BCUT2D eigenvalue weighted by Crippen LogP contribution is -2.34. The molecule has 152 valence electrons. The van der Waals surface area contributed by atoms with Gasteiger partial charge >= 0.3 is 0 Å². The molecule has 1 fully saturated rings. The molecule has 30 heavy (non-hydrogen) atoms. The van der Waals surface area contributed by atoms with Crippen molar-refractivity contribution in [1.82, 2.24) is 10.2 Å². The maximum absolute atomic E-state index is 13.2. The van der Waals surface area contributed by atoms with Crippen LogP contribution in [0.25, 0.3) is 10.8 Å². The van der Waals surface area contributed by atoms with Crippen LogP contribution in [0, 0.1) is 11.7 Å². The Kier molecular flexibility index (Phi) is 4.93. The molecule has 0 aliphatic carbocycles. The molecule has 0 radical (unpaired) electrons. The highest BCUT2D eigenvalue weighted by atomic mass is 19.1. The van der Waals surface area contributed by atoms with Gasteiger partial charge in [0, 0.05) is 31.7 Å². The standard InChI is InChI=1S/C24H22FN3O2/c25-18-10-8-17(9-11-18)23-21-14-28(15-22(21)30-27-23)13-12-26-24(29)20-7-3-5-16-4-1-2-6-19(16)20/h1-11,21-22H,12-15H2,(H,26,29). The third-order valence-corrected chi connectivity index (χ3v) is 5.87. The lowest BCUT2D eigenvalue weighted by Gasteiger charge is -2.17. The van der Waals surface area contributed by atoms with E-state index in [4.69, 9.17) is 4.84 Å². The third kappa shape index (κ3) is 3.55. The molecule has 1 amide bonds. The molecule has 0 spiro atoms. The van der Waals surface area contributed by atoms with E-state index < -0.39 is 0 Å². The van der Waals surface area contributed by atoms with Crippen LogP contribution in [-0.4, -0.2) is 48.8 Å². The van der Waals surface area contributed by atoms with E-state index in [1.165, 1.54) is 12.1 Å². The van der Waals surface area contributed by atoms with E-state index in [1.54, 1.807) is 12.1 Å². The zero-order valence-electron chi connectivity index (χ0n) is 16.4. The highest BCUT2D eigenvalue weighted by Gasteiger charge is 2.42. The molecule has 2 atom stereocenters. The summed E-state index contributed by atoms with van der Waals surface area (Å²) < 4.78 is 13.2. The van der Waals surface area contributed by atoms with E-state index in [0.29, 0.717) is 12.1 Å². The maximum atomic E-state index is 13.2. The third-order valence-electron chi connectivity index (χ3n) is 5.87. The molecule has 0 aromatic heterocycles. The van der Waals surface area contributed by atoms with Crippen LogP contribution >= 0.6 is 0 Å². The first-order chi connectivity index (χ1) is 14.7. The smallest absolute Gasteiger partial charge is 0.251 e. The number of nitrogens with zero attached hydrogens (tertiary/aromatic N) is 2. The molecule has 3 aromatic rings. The van der Waals surface area contributed by atoms with Gasteiger partial charge < -0.3 is 10.2 Å². The number of hydrogen-bond acceptors (Lipinski definition) is 4. The number of amides is 1. The first kappa shape index (κ1) is 18.8. The minimum atomic E-state index is -0.259. The predicted octanol–water partition coefficient (Wildman–Crippen LogP) is 3.44. The number of benzene rings is 3. The van der Waals surface area contributed by atoms with Gasteiger partial charge in [-0.15, -0.1) is 0 Å². The number of rotatable bonds is 5. The first-order valence-corrected chi connectivity index (χ1v) is 10.2. The summed E-state index contributed by atoms with van der Waals surface area (Å²) in [6.45, 7) is 2.88. The summed E-state index contributed by atoms with van der Waals surface area (Å²) >= 11 is 0. The van der Waals surface area contributed by atoms with Crippen LogP contribution in [0.3, 0.4) is 0 Å². The Labute approximate surface area is 174 Å². The molecule has 0 bridgehead atoms. The molecule has 2 aliphatic rings. The van der Waals surface area contributed by atoms with E-state index in [2.05, 4.69) is 15.4 Å². The van der Waals surface area contributed by atoms with Gasteiger partial charge in [-0.1, -0.05) is 53.7 Å². The molecule has 5 rings (SSSR count). The minimum absolute atomic E-state index is 0.0128. The summed E-state index contributed by atoms with van der Waals surface area (Å²) in [5.74, 6) is -0.148. The van der Waals surface area contributed by atoms with Gasteiger partial charge in [0.15, 0.2) is 0 Å². The summed E-state index contributed by atoms with van der Waals surface area (Å²) in [5.41, 5.74) is 2.47. The van der Waals surface area contributed by atoms with Crippen molar-refractivity contribution in [2.75, 3.05) is 26.2 Å². The van der Waals surface area contributed by atoms with Crippen molar-refractivity contribution >= 4 is 22.4 Å². The fraction of sp³-hybridized carbons (Fsp3) is 0.250. The first-order valence-electron chi connectivity index (χ1n) is 10.2. The predicted molar refractivity (Wildman–Crippen MR) is 114 cm³/mol. The summed E-state index contributed by atoms with van der Waals surface area (Å²) in [4.78, 5) is 20.6. The average molecular weight is 403 g/mol. The zero-order chi connectivity index (χ0) is 20.5. The Bertz CT molecular complexity index is 1110. The molecule has 5 nitrogen and oxygen atoms in total. The van der Waals surface area contributed by atoms with Crippen molar-refractivity contribution in [3.05, 3.63) is 83.7 Å². The number of likely N-dealkylation sites (tertiary alicyclic amines) is 1. The second-order valence-corrected chi connectivity index (χ2v) is 7.78. The monoisotopic (exact) mass is 403 g/mol. The fourth-order valence-electron chi connectivity index (χ4n) is 4.33. The quantitative estimate of drug-likeness (QED) is 0.710. The van der Waals surface area contributed by atoms with E-state index >= 15 is 0 Å². The number of carbonyl (C=O) groups is 1. The summed E-state index contributed by atoms with van der Waals surface area (Å²) in [7, 11) is 0. The highest BCUT2D eigenvalue weighted by Crippen LogP contribution is 2.30. The second-order valence-electron chi connectivity index (χ2n) is 7.78. The van der Waals surface area contributed by atoms with Gasteiger partial charge in [-0.25, -0.2) is 4.39 Å². The summed E-state index contributed by atoms with van der Waals surface area (Å²) in [6.07, 6.45) is 0.0128. The van der Waals surface area contributed by atoms with Gasteiger partial charge in [-0.05, 0) is 34.5 Å². The number of oxime groups is 1. The van der Waals surface area contributed by atoms with E-state index in [1.807, 2.05) is 42.5 Å². The molecular formula is C24H22FN3O2. The van der Waals surface area contributed by atoms with Crippen molar-refractivity contribution in [1.29, 1.82) is 0 Å². The maximum Gasteiger partial charge on any atom is 0.251 e. The number of carbonyl (C=O) groups excluding carboxylic acids is 1. The van der Waals surface area contributed by atoms with Crippen LogP contribution in [0.2, 0.25) is 0 Å². The Balaban J connectivity index is 1.18. The van der Waals surface area contributed by atoms with Crippen molar-refractivity contribution in [2.45, 2.75) is 6.10 Å². The molecule has 2 unspecified atom stereocenters. The lowest BCUT2D eigenvalue weighted by atomic mass is 9.95. The van der Waals surface area contributed by atoms with Crippen molar-refractivity contribution in [3.63, 3.8) is 0 Å². The van der Waals surface area contributed by atoms with Crippen LogP contribution in [0.5, 0.6) is 0 Å². The van der Waals surface area contributed by atoms with Crippen LogP contribution in [0.15, 0.2) is 71.9 Å². The number of fused-ring (bicyclic) bond motifs is 2. The molecule has 1 saturated heterocycles. The van der Waals surface area contributed by atoms with Crippen LogP contribution < -0.4 is 5.32 Å². The van der Waals surface area contributed by atoms with Gasteiger partial charge in [-0.3, -0.25) is 9.69 Å². The number of halogens is 1. The molecule has 6 heteroatoms. The Morgan fingerprint density at radius 3 is 2.73 bits per heavy atom. The highest BCUT2D eigenvalue weighted by molar-refractivity contribution is 6.07. The molecule has 1 N–H and O–H groups in total. The van der Waals surface area contributed by atoms with Gasteiger partial charge in [0.2, 0.25) is 0 Å². The molecule has 2 heterocycles. The number of nitrogens with one attached hydrogen (secondary N) is 1. The second kappa shape index (κ2) is 7.88. The molecule has 3 aromatic carbocycles. The molecule has 2 aliphatic heterocycles. The van der Waals surface area contributed by atoms with Gasteiger partial charge in [0.25, 0.3) is 5.91 Å². The molecule has 0 saturated carbocycles. The minimum Gasteiger partial charge on any atom is -0.390 e. The average Bonchev–Trinajstić information content (AvgIpc) is 3.34. The van der Waals surface area contributed by atoms with Gasteiger partial charge in [0.05, 0.1) is 11.6 Å². The Morgan fingerprint density at radius 2 is 1.87 bits per heavy atom. The normalized spacial score (nSPS) is 20.6.